The second kappa shape index (κ2) is 7.51. The summed E-state index contributed by atoms with van der Waals surface area (Å²) in [6.07, 6.45) is 10.4. The van der Waals surface area contributed by atoms with Crippen molar-refractivity contribution >= 4 is 11.9 Å². The number of carboxylic acid groups (broad SMARTS) is 1. The molecule has 3 N–H and O–H groups in total. The predicted octanol–water partition coefficient (Wildman–Crippen LogP) is 4.07. The van der Waals surface area contributed by atoms with E-state index in [0.29, 0.717) is 29.7 Å². The van der Waals surface area contributed by atoms with Gasteiger partial charge in [0.15, 0.2) is 0 Å². The summed E-state index contributed by atoms with van der Waals surface area (Å²) >= 11 is 0. The molecule has 0 aliphatic heterocycles. The van der Waals surface area contributed by atoms with E-state index in [4.69, 9.17) is 0 Å². The van der Waals surface area contributed by atoms with Crippen LogP contribution in [0.3, 0.4) is 0 Å². The molecule has 2 saturated carbocycles. The fourth-order valence-corrected chi connectivity index (χ4v) is 7.37. The van der Waals surface area contributed by atoms with E-state index >= 15 is 0 Å². The van der Waals surface area contributed by atoms with Crippen LogP contribution in [-0.2, 0) is 9.59 Å². The highest BCUT2D eigenvalue weighted by atomic mass is 16.4. The van der Waals surface area contributed by atoms with Crippen LogP contribution >= 0.6 is 0 Å². The van der Waals surface area contributed by atoms with Gasteiger partial charge in [0, 0.05) is 11.5 Å². The molecule has 0 heterocycles. The fourth-order valence-electron chi connectivity index (χ4n) is 7.37. The molecular weight excluding hydrogens is 378 g/mol. The van der Waals surface area contributed by atoms with Gasteiger partial charge in [0.05, 0.1) is 12.1 Å². The van der Waals surface area contributed by atoms with Crippen molar-refractivity contribution in [1.82, 2.24) is 5.32 Å². The highest BCUT2D eigenvalue weighted by Crippen LogP contribution is 2.66. The molecule has 30 heavy (non-hydrogen) atoms. The Labute approximate surface area is 180 Å². The zero-order valence-electron chi connectivity index (χ0n) is 18.8. The minimum absolute atomic E-state index is 0.0160. The lowest BCUT2D eigenvalue weighted by atomic mass is 9.48. The van der Waals surface area contributed by atoms with Crippen LogP contribution in [0.2, 0.25) is 0 Å². The van der Waals surface area contributed by atoms with Crippen LogP contribution < -0.4 is 5.32 Å². The number of amides is 1. The van der Waals surface area contributed by atoms with Crippen LogP contribution in [0.4, 0.5) is 0 Å². The molecule has 4 aliphatic carbocycles. The molecule has 2 fully saturated rings. The summed E-state index contributed by atoms with van der Waals surface area (Å²) in [5.41, 5.74) is 1.85. The van der Waals surface area contributed by atoms with Gasteiger partial charge in [-0.25, -0.2) is 4.79 Å². The highest BCUT2D eigenvalue weighted by molar-refractivity contribution is 5.87. The third kappa shape index (κ3) is 3.24. The maximum atomic E-state index is 13.1. The normalized spacial score (nSPS) is 42.0. The largest absolute Gasteiger partial charge is 0.478 e. The van der Waals surface area contributed by atoms with Gasteiger partial charge in [-0.1, -0.05) is 19.9 Å². The summed E-state index contributed by atoms with van der Waals surface area (Å²) in [6.45, 7) is 8.25. The Kier molecular flexibility index (Phi) is 5.41. The van der Waals surface area contributed by atoms with Crippen molar-refractivity contribution in [1.29, 1.82) is 0 Å². The number of hydrogen-bond donors (Lipinski definition) is 3. The van der Waals surface area contributed by atoms with E-state index in [1.165, 1.54) is 5.57 Å². The summed E-state index contributed by atoms with van der Waals surface area (Å²) in [4.78, 5) is 24.6. The van der Waals surface area contributed by atoms with Crippen molar-refractivity contribution in [3.05, 3.63) is 23.3 Å². The lowest BCUT2D eigenvalue weighted by Crippen LogP contribution is -2.52. The Hall–Kier alpha value is -1.62. The van der Waals surface area contributed by atoms with E-state index in [1.807, 2.05) is 13.0 Å². The maximum Gasteiger partial charge on any atom is 0.331 e. The summed E-state index contributed by atoms with van der Waals surface area (Å²) in [6, 6.07) is -0.229. The summed E-state index contributed by atoms with van der Waals surface area (Å²) < 4.78 is 0. The molecular formula is C25H37NO4. The van der Waals surface area contributed by atoms with Crippen LogP contribution in [-0.4, -0.2) is 34.2 Å². The average Bonchev–Trinajstić information content (AvgIpc) is 3.04. The Bertz CT molecular complexity index is 799. The Balaban J connectivity index is 1.57. The molecule has 0 aromatic carbocycles. The molecule has 5 heteroatoms. The van der Waals surface area contributed by atoms with E-state index in [0.717, 1.165) is 38.5 Å². The SMILES string of the molecule is CC(O)C(C)NC(=O)[C@H]1CC[C@H]2[C@@H]3CC=C4C=C(C(=O)O)CC[C@]4(C)[C@H]3CC[C@]12C. The van der Waals surface area contributed by atoms with Crippen LogP contribution in [0.25, 0.3) is 0 Å². The van der Waals surface area contributed by atoms with Crippen LogP contribution in [0.15, 0.2) is 23.3 Å². The number of nitrogens with one attached hydrogen (secondary N) is 1. The molecule has 1 amide bonds. The van der Waals surface area contributed by atoms with Crippen molar-refractivity contribution in [2.75, 3.05) is 0 Å². The van der Waals surface area contributed by atoms with Gasteiger partial charge in [-0.2, -0.15) is 0 Å². The fraction of sp³-hybridized carbons (Fsp3) is 0.760. The predicted molar refractivity (Wildman–Crippen MR) is 116 cm³/mol. The van der Waals surface area contributed by atoms with Crippen molar-refractivity contribution in [2.45, 2.75) is 84.8 Å². The molecule has 0 aromatic rings. The Morgan fingerprint density at radius 3 is 2.53 bits per heavy atom. The third-order valence-corrected chi connectivity index (χ3v) is 9.45. The van der Waals surface area contributed by atoms with Gasteiger partial charge in [0.25, 0.3) is 0 Å². The molecule has 0 aromatic heterocycles. The molecule has 0 saturated heterocycles. The first-order valence-corrected chi connectivity index (χ1v) is 11.7. The van der Waals surface area contributed by atoms with E-state index < -0.39 is 12.1 Å². The minimum atomic E-state index is -0.785. The first-order valence-electron chi connectivity index (χ1n) is 11.7. The lowest BCUT2D eigenvalue weighted by Gasteiger charge is -2.57. The van der Waals surface area contributed by atoms with Gasteiger partial charge in [-0.05, 0) is 99.0 Å². The molecule has 8 atom stereocenters. The monoisotopic (exact) mass is 415 g/mol. The average molecular weight is 416 g/mol. The van der Waals surface area contributed by atoms with Crippen molar-refractivity contribution in [2.24, 2.45) is 34.5 Å². The lowest BCUT2D eigenvalue weighted by molar-refractivity contribution is -0.133. The zero-order chi connectivity index (χ0) is 21.8. The number of rotatable bonds is 4. The molecule has 0 radical (unpaired) electrons. The molecule has 2 unspecified atom stereocenters. The molecule has 4 aliphatic rings. The van der Waals surface area contributed by atoms with Crippen molar-refractivity contribution in [3.8, 4) is 0 Å². The highest BCUT2D eigenvalue weighted by Gasteiger charge is 2.59. The van der Waals surface area contributed by atoms with Crippen LogP contribution in [0.1, 0.15) is 72.6 Å². The first kappa shape index (κ1) is 21.6. The molecule has 4 rings (SSSR count). The second-order valence-electron chi connectivity index (χ2n) is 10.9. The van der Waals surface area contributed by atoms with E-state index in [9.17, 15) is 19.8 Å². The standard InChI is InChI=1S/C25H37NO4/c1-14(15(2)27)26-22(28)21-8-7-19-18-6-5-17-13-16(23(29)30)9-11-24(17,3)20(18)10-12-25(19,21)4/h5,13-15,18-21,27H,6-12H2,1-4H3,(H,26,28)(H,29,30)/t14?,15?,18-,19-,20-,21+,24-,25-/m0/s1. The number of aliphatic hydroxyl groups excluding tert-OH is 1. The summed E-state index contributed by atoms with van der Waals surface area (Å²) in [7, 11) is 0. The quantitative estimate of drug-likeness (QED) is 0.646. The van der Waals surface area contributed by atoms with E-state index in [1.54, 1.807) is 6.92 Å². The molecule has 5 nitrogen and oxygen atoms in total. The Morgan fingerprint density at radius 1 is 1.13 bits per heavy atom. The van der Waals surface area contributed by atoms with Crippen molar-refractivity contribution < 1.29 is 19.8 Å². The Morgan fingerprint density at radius 2 is 1.87 bits per heavy atom. The minimum Gasteiger partial charge on any atom is -0.478 e. The maximum absolute atomic E-state index is 13.1. The van der Waals surface area contributed by atoms with Crippen LogP contribution in [0, 0.1) is 34.5 Å². The smallest absolute Gasteiger partial charge is 0.331 e. The topological polar surface area (TPSA) is 86.6 Å². The number of aliphatic hydroxyl groups is 1. The van der Waals surface area contributed by atoms with Gasteiger partial charge >= 0.3 is 5.97 Å². The molecule has 0 spiro atoms. The van der Waals surface area contributed by atoms with E-state index in [-0.39, 0.29) is 28.7 Å². The number of hydrogen-bond acceptors (Lipinski definition) is 3. The van der Waals surface area contributed by atoms with E-state index in [2.05, 4.69) is 25.2 Å². The van der Waals surface area contributed by atoms with Gasteiger partial charge < -0.3 is 15.5 Å². The number of fused-ring (bicyclic) bond motifs is 5. The number of aliphatic carboxylic acids is 1. The number of carbonyl (C=O) groups is 2. The third-order valence-electron chi connectivity index (χ3n) is 9.45. The number of allylic oxidation sites excluding steroid dienone is 3. The zero-order valence-corrected chi connectivity index (χ0v) is 18.8. The molecule has 0 bridgehead atoms. The first-order chi connectivity index (χ1) is 14.1. The van der Waals surface area contributed by atoms with Gasteiger partial charge in [-0.3, -0.25) is 4.79 Å². The molecule has 166 valence electrons. The second-order valence-corrected chi connectivity index (χ2v) is 10.9. The number of carbonyl (C=O) groups excluding carboxylic acids is 1. The number of carboxylic acids is 1. The van der Waals surface area contributed by atoms with Gasteiger partial charge in [0.2, 0.25) is 5.91 Å². The van der Waals surface area contributed by atoms with Gasteiger partial charge in [-0.15, -0.1) is 0 Å². The van der Waals surface area contributed by atoms with Crippen molar-refractivity contribution in [3.63, 3.8) is 0 Å². The summed E-state index contributed by atoms with van der Waals surface area (Å²) in [5.74, 6) is 1.02. The van der Waals surface area contributed by atoms with Gasteiger partial charge in [0.1, 0.15) is 0 Å². The summed E-state index contributed by atoms with van der Waals surface area (Å²) in [5, 5.41) is 22.3. The van der Waals surface area contributed by atoms with Crippen LogP contribution in [0.5, 0.6) is 0 Å².